The van der Waals surface area contributed by atoms with Crippen LogP contribution < -0.4 is 15.0 Å². The Morgan fingerprint density at radius 3 is 2.67 bits per heavy atom. The number of nitrogens with one attached hydrogen (secondary N) is 1. The summed E-state index contributed by atoms with van der Waals surface area (Å²) >= 11 is 1.72. The number of carbonyl (C=O) groups excluding carboxylic acids is 2. The molecule has 0 saturated carbocycles. The Balaban J connectivity index is 1.44. The highest BCUT2D eigenvalue weighted by Crippen LogP contribution is 2.26. The second kappa shape index (κ2) is 10.7. The van der Waals surface area contributed by atoms with Gasteiger partial charge in [0.05, 0.1) is 7.11 Å². The molecule has 3 N–H and O–H groups in total. The molecule has 2 aliphatic rings. The van der Waals surface area contributed by atoms with Crippen LogP contribution >= 0.6 is 11.8 Å². The zero-order chi connectivity index (χ0) is 21.5. The first kappa shape index (κ1) is 22.5. The highest BCUT2D eigenvalue weighted by molar-refractivity contribution is 8.03. The third-order valence-electron chi connectivity index (χ3n) is 5.36. The molecule has 0 spiro atoms. The number of thioether (sulfide) groups is 1. The molecule has 0 aromatic heterocycles. The summed E-state index contributed by atoms with van der Waals surface area (Å²) < 4.78 is 5.25. The number of hydrogen-bond donors (Lipinski definition) is 3. The largest absolute Gasteiger partial charge is 0.497 e. The van der Waals surface area contributed by atoms with E-state index in [0.29, 0.717) is 38.0 Å². The number of ether oxygens (including phenoxy) is 1. The topological polar surface area (TPSA) is 102 Å². The fraction of sp³-hybridized carbons (Fsp3) is 0.524. The highest BCUT2D eigenvalue weighted by atomic mass is 32.2. The van der Waals surface area contributed by atoms with Gasteiger partial charge in [-0.3, -0.25) is 9.59 Å². The fourth-order valence-electron chi connectivity index (χ4n) is 3.53. The summed E-state index contributed by atoms with van der Waals surface area (Å²) in [5.41, 5.74) is 0.997. The second-order valence-electron chi connectivity index (χ2n) is 7.35. The lowest BCUT2D eigenvalue weighted by atomic mass is 10.1. The summed E-state index contributed by atoms with van der Waals surface area (Å²) in [6.07, 6.45) is 0.278. The van der Waals surface area contributed by atoms with Gasteiger partial charge in [0.25, 0.3) is 11.8 Å². The Hall–Kier alpha value is -2.23. The van der Waals surface area contributed by atoms with Crippen molar-refractivity contribution in [2.75, 3.05) is 44.7 Å². The third-order valence-corrected chi connectivity index (χ3v) is 6.52. The molecule has 3 rings (SSSR count). The van der Waals surface area contributed by atoms with Gasteiger partial charge in [-0.1, -0.05) is 12.1 Å². The molecule has 0 radical (unpaired) electrons. The van der Waals surface area contributed by atoms with E-state index in [0.717, 1.165) is 24.3 Å². The van der Waals surface area contributed by atoms with Crippen LogP contribution in [-0.2, 0) is 9.59 Å². The minimum Gasteiger partial charge on any atom is -0.497 e. The molecule has 1 unspecified atom stereocenters. The quantitative estimate of drug-likeness (QED) is 0.549. The van der Waals surface area contributed by atoms with Gasteiger partial charge in [0.2, 0.25) is 0 Å². The van der Waals surface area contributed by atoms with Gasteiger partial charge in [-0.2, -0.15) is 0 Å². The van der Waals surface area contributed by atoms with Crippen LogP contribution in [0.4, 0.5) is 5.69 Å². The number of hydrogen-bond acceptors (Lipinski definition) is 7. The Morgan fingerprint density at radius 1 is 1.23 bits per heavy atom. The van der Waals surface area contributed by atoms with Crippen LogP contribution in [0.1, 0.15) is 12.8 Å². The van der Waals surface area contributed by atoms with Crippen molar-refractivity contribution < 1.29 is 24.5 Å². The van der Waals surface area contributed by atoms with Gasteiger partial charge in [-0.15, -0.1) is 11.8 Å². The molecule has 164 valence electrons. The summed E-state index contributed by atoms with van der Waals surface area (Å²) in [6.45, 7) is 2.36. The number of rotatable bonds is 8. The number of piperazine rings is 1. The minimum absolute atomic E-state index is 0.396. The maximum Gasteiger partial charge on any atom is 0.254 e. The smallest absolute Gasteiger partial charge is 0.254 e. The SMILES string of the molecule is COc1cccc(N2CCN(C(=O)[C@H](O)[C@@H](O)C(=O)NCCC3CC=CS3)CC2)c1. The van der Waals surface area contributed by atoms with Gasteiger partial charge in [-0.25, -0.2) is 0 Å². The molecule has 1 saturated heterocycles. The molecule has 8 nitrogen and oxygen atoms in total. The maximum absolute atomic E-state index is 12.6. The van der Waals surface area contributed by atoms with Crippen LogP contribution in [0, 0.1) is 0 Å². The Bertz CT molecular complexity index is 759. The zero-order valence-electron chi connectivity index (χ0n) is 17.1. The molecule has 2 amide bonds. The standard InChI is InChI=1S/C21H29N3O5S/c1-29-16-5-2-4-15(14-16)23-9-11-24(12-10-23)21(28)19(26)18(25)20(27)22-8-7-17-6-3-13-30-17/h2-5,13-14,17-19,25-26H,6-12H2,1H3,(H,22,27)/t17?,18-,19-/m1/s1. The molecular weight excluding hydrogens is 406 g/mol. The summed E-state index contributed by atoms with van der Waals surface area (Å²) in [4.78, 5) is 28.3. The number of methoxy groups -OCH3 is 1. The van der Waals surface area contributed by atoms with E-state index in [2.05, 4.69) is 16.3 Å². The Morgan fingerprint density at radius 2 is 2.00 bits per heavy atom. The van der Waals surface area contributed by atoms with E-state index in [1.165, 1.54) is 4.90 Å². The van der Waals surface area contributed by atoms with Gasteiger partial charge in [0.1, 0.15) is 5.75 Å². The molecule has 0 aliphatic carbocycles. The molecule has 1 aromatic rings. The molecule has 1 fully saturated rings. The van der Waals surface area contributed by atoms with Gasteiger partial charge >= 0.3 is 0 Å². The summed E-state index contributed by atoms with van der Waals surface area (Å²) in [6, 6.07) is 7.69. The number of allylic oxidation sites excluding steroid dienone is 1. The van der Waals surface area contributed by atoms with Crippen molar-refractivity contribution in [3.8, 4) is 5.75 Å². The Labute approximate surface area is 180 Å². The van der Waals surface area contributed by atoms with Crippen LogP contribution in [0.25, 0.3) is 0 Å². The van der Waals surface area contributed by atoms with E-state index in [1.54, 1.807) is 18.9 Å². The zero-order valence-corrected chi connectivity index (χ0v) is 17.9. The summed E-state index contributed by atoms with van der Waals surface area (Å²) in [7, 11) is 1.61. The van der Waals surface area contributed by atoms with E-state index < -0.39 is 24.0 Å². The highest BCUT2D eigenvalue weighted by Gasteiger charge is 2.34. The van der Waals surface area contributed by atoms with Crippen LogP contribution in [0.15, 0.2) is 35.7 Å². The predicted molar refractivity (Wildman–Crippen MR) is 117 cm³/mol. The maximum atomic E-state index is 12.6. The fourth-order valence-corrected chi connectivity index (χ4v) is 4.45. The molecule has 3 atom stereocenters. The Kier molecular flexibility index (Phi) is 8.01. The second-order valence-corrected chi connectivity index (χ2v) is 8.56. The molecular formula is C21H29N3O5S. The third kappa shape index (κ3) is 5.68. The summed E-state index contributed by atoms with van der Waals surface area (Å²) in [5.74, 6) is -0.585. The lowest BCUT2D eigenvalue weighted by molar-refractivity contribution is -0.153. The lowest BCUT2D eigenvalue weighted by Gasteiger charge is -2.37. The monoisotopic (exact) mass is 435 g/mol. The van der Waals surface area contributed by atoms with E-state index in [4.69, 9.17) is 4.74 Å². The molecule has 2 heterocycles. The van der Waals surface area contributed by atoms with Crippen LogP contribution in [0.5, 0.6) is 5.75 Å². The van der Waals surface area contributed by atoms with Crippen molar-refractivity contribution in [2.45, 2.75) is 30.3 Å². The molecule has 1 aromatic carbocycles. The lowest BCUT2D eigenvalue weighted by Crippen LogP contribution is -2.55. The van der Waals surface area contributed by atoms with Crippen LogP contribution in [0.3, 0.4) is 0 Å². The first-order valence-electron chi connectivity index (χ1n) is 10.1. The number of nitrogens with zero attached hydrogens (tertiary/aromatic N) is 2. The van der Waals surface area contributed by atoms with Gasteiger partial charge in [0, 0.05) is 49.7 Å². The minimum atomic E-state index is -1.77. The van der Waals surface area contributed by atoms with Gasteiger partial charge in [0.15, 0.2) is 12.2 Å². The molecule has 0 bridgehead atoms. The average molecular weight is 436 g/mol. The van der Waals surface area contributed by atoms with E-state index in [9.17, 15) is 19.8 Å². The van der Waals surface area contributed by atoms with E-state index in [-0.39, 0.29) is 0 Å². The van der Waals surface area contributed by atoms with E-state index >= 15 is 0 Å². The van der Waals surface area contributed by atoms with Crippen molar-refractivity contribution in [3.05, 3.63) is 35.7 Å². The van der Waals surface area contributed by atoms with Gasteiger partial charge in [-0.05, 0) is 30.4 Å². The number of aliphatic hydroxyl groups excluding tert-OH is 2. The van der Waals surface area contributed by atoms with Crippen molar-refractivity contribution >= 4 is 29.3 Å². The van der Waals surface area contributed by atoms with Gasteiger partial charge < -0.3 is 30.1 Å². The summed E-state index contributed by atoms with van der Waals surface area (Å²) in [5, 5.41) is 25.4. The normalized spacial score (nSPS) is 20.7. The molecule has 2 aliphatic heterocycles. The van der Waals surface area contributed by atoms with Crippen molar-refractivity contribution in [1.29, 1.82) is 0 Å². The predicted octanol–water partition coefficient (Wildman–Crippen LogP) is 0.591. The molecule has 9 heteroatoms. The average Bonchev–Trinajstić information content (AvgIpc) is 3.31. The number of benzene rings is 1. The number of anilines is 1. The number of carbonyl (C=O) groups is 2. The van der Waals surface area contributed by atoms with Crippen molar-refractivity contribution in [2.24, 2.45) is 0 Å². The van der Waals surface area contributed by atoms with Crippen molar-refractivity contribution in [3.63, 3.8) is 0 Å². The first-order valence-corrected chi connectivity index (χ1v) is 11.1. The molecule has 30 heavy (non-hydrogen) atoms. The number of aliphatic hydroxyl groups is 2. The van der Waals surface area contributed by atoms with Crippen LogP contribution in [-0.4, -0.2) is 84.2 Å². The van der Waals surface area contributed by atoms with Crippen molar-refractivity contribution in [1.82, 2.24) is 10.2 Å². The first-order chi connectivity index (χ1) is 14.5. The number of amides is 2. The van der Waals surface area contributed by atoms with E-state index in [1.807, 2.05) is 29.7 Å². The van der Waals surface area contributed by atoms with Crippen LogP contribution in [0.2, 0.25) is 0 Å².